The molecule has 9 nitrogen and oxygen atoms in total. The molecule has 1 saturated carbocycles. The van der Waals surface area contributed by atoms with Gasteiger partial charge in [0, 0.05) is 29.3 Å². The van der Waals surface area contributed by atoms with Gasteiger partial charge in [-0.3, -0.25) is 4.98 Å². The van der Waals surface area contributed by atoms with Gasteiger partial charge in [0.2, 0.25) is 5.88 Å². The quantitative estimate of drug-likeness (QED) is 0.168. The second kappa shape index (κ2) is 13.2. The van der Waals surface area contributed by atoms with Crippen LogP contribution in [0.15, 0.2) is 97.5 Å². The van der Waals surface area contributed by atoms with Gasteiger partial charge in [-0.1, -0.05) is 54.6 Å². The van der Waals surface area contributed by atoms with Crippen molar-refractivity contribution in [2.45, 2.75) is 30.7 Å². The third-order valence-electron chi connectivity index (χ3n) is 7.33. The molecule has 10 heteroatoms. The molecular weight excluding hydrogens is 543 g/mol. The second-order valence-electron chi connectivity index (χ2n) is 9.71. The Morgan fingerprint density at radius 2 is 1.46 bits per heavy atom. The van der Waals surface area contributed by atoms with Crippen molar-refractivity contribution in [3.63, 3.8) is 0 Å². The number of rotatable bonds is 12. The molecule has 1 aromatic heterocycles. The van der Waals surface area contributed by atoms with Crippen LogP contribution in [0.2, 0.25) is 0 Å². The highest BCUT2D eigenvalue weighted by Gasteiger charge is 2.45. The first-order valence-corrected chi connectivity index (χ1v) is 14.4. The lowest BCUT2D eigenvalue weighted by atomic mass is 9.80. The number of ether oxygens (including phenoxy) is 4. The van der Waals surface area contributed by atoms with E-state index >= 15 is 0 Å². The summed E-state index contributed by atoms with van der Waals surface area (Å²) in [5.41, 5.74) is 1.69. The maximum atomic E-state index is 11.8. The van der Waals surface area contributed by atoms with E-state index in [1.807, 2.05) is 78.9 Å². The molecule has 0 amide bonds. The third-order valence-corrected chi connectivity index (χ3v) is 7.78. The van der Waals surface area contributed by atoms with Gasteiger partial charge in [0.05, 0.1) is 27.0 Å². The zero-order valence-corrected chi connectivity index (χ0v) is 23.7. The minimum atomic E-state index is -2.81. The fourth-order valence-electron chi connectivity index (χ4n) is 5.38. The van der Waals surface area contributed by atoms with E-state index in [0.717, 1.165) is 28.2 Å². The van der Waals surface area contributed by atoms with Crippen LogP contribution in [0.4, 0.5) is 0 Å². The maximum absolute atomic E-state index is 11.8. The van der Waals surface area contributed by atoms with Crippen LogP contribution in [-0.4, -0.2) is 47.9 Å². The molecule has 1 aliphatic rings. The van der Waals surface area contributed by atoms with Crippen molar-refractivity contribution in [1.82, 2.24) is 9.97 Å². The van der Waals surface area contributed by atoms with E-state index in [1.165, 1.54) is 0 Å². The first kappa shape index (κ1) is 28.6. The largest absolute Gasteiger partial charge is 0.695 e. The second-order valence-corrected chi connectivity index (χ2v) is 10.4. The highest BCUT2D eigenvalue weighted by atomic mass is 31.1. The van der Waals surface area contributed by atoms with Crippen molar-refractivity contribution in [3.05, 3.63) is 114 Å². The molecule has 0 aliphatic heterocycles. The molecule has 1 heterocycles. The molecule has 0 radical (unpaired) electrons. The molecule has 0 saturated heterocycles. The number of nitrogens with zero attached hydrogens (tertiary/aromatic N) is 2. The highest BCUT2D eigenvalue weighted by Crippen LogP contribution is 2.44. The zero-order chi connectivity index (χ0) is 28.7. The fourth-order valence-corrected chi connectivity index (χ4v) is 5.87. The van der Waals surface area contributed by atoms with E-state index in [2.05, 4.69) is 9.97 Å². The van der Waals surface area contributed by atoms with E-state index in [1.54, 1.807) is 32.8 Å². The van der Waals surface area contributed by atoms with Gasteiger partial charge in [-0.15, -0.1) is 9.42 Å². The molecule has 0 spiro atoms. The normalized spacial score (nSPS) is 19.0. The summed E-state index contributed by atoms with van der Waals surface area (Å²) in [5.74, 6) is 1.61. The Labute approximate surface area is 240 Å². The van der Waals surface area contributed by atoms with Crippen LogP contribution in [0.3, 0.4) is 0 Å². The molecule has 212 valence electrons. The van der Waals surface area contributed by atoms with Crippen LogP contribution in [-0.2, 0) is 19.4 Å². The Kier molecular flexibility index (Phi) is 9.21. The molecule has 4 aromatic rings. The first-order chi connectivity index (χ1) is 20.0. The predicted octanol–water partition coefficient (Wildman–Crippen LogP) is 5.69. The number of methoxy groups -OCH3 is 2. The van der Waals surface area contributed by atoms with Crippen molar-refractivity contribution < 1.29 is 32.9 Å². The lowest BCUT2D eigenvalue weighted by molar-refractivity contribution is -0.0260. The molecule has 3 aromatic carbocycles. The van der Waals surface area contributed by atoms with Crippen LogP contribution in [0.5, 0.6) is 17.4 Å². The smallest absolute Gasteiger partial charge is 0.497 e. The lowest BCUT2D eigenvalue weighted by Gasteiger charge is -2.37. The summed E-state index contributed by atoms with van der Waals surface area (Å²) < 4.78 is 41.1. The minimum Gasteiger partial charge on any atom is -0.497 e. The van der Waals surface area contributed by atoms with E-state index < -0.39 is 20.0 Å². The molecule has 0 bridgehead atoms. The van der Waals surface area contributed by atoms with Gasteiger partial charge >= 0.3 is 8.25 Å². The summed E-state index contributed by atoms with van der Waals surface area (Å²) in [4.78, 5) is 17.9. The van der Waals surface area contributed by atoms with Gasteiger partial charge in [0.1, 0.15) is 29.3 Å². The van der Waals surface area contributed by atoms with Crippen LogP contribution < -0.4 is 14.2 Å². The molecular formula is C31H32N2O7P+. The maximum Gasteiger partial charge on any atom is 0.695 e. The Hall–Kier alpha value is -3.88. The topological polar surface area (TPSA) is 109 Å². The van der Waals surface area contributed by atoms with Gasteiger partial charge < -0.3 is 18.9 Å². The SMILES string of the molecule is COc1ccc(C(OC[C@H]2C[C@@H](Oc3cnccn3)C[C@@H]2O[P+](=O)O)(c2ccccc2)c2ccc(OC)cc2)cc1. The van der Waals surface area contributed by atoms with Crippen molar-refractivity contribution in [2.24, 2.45) is 5.92 Å². The van der Waals surface area contributed by atoms with Crippen LogP contribution in [0.25, 0.3) is 0 Å². The van der Waals surface area contributed by atoms with Crippen molar-refractivity contribution in [2.75, 3.05) is 20.8 Å². The van der Waals surface area contributed by atoms with Crippen molar-refractivity contribution in [1.29, 1.82) is 0 Å². The third kappa shape index (κ3) is 6.55. The Morgan fingerprint density at radius 3 is 2.00 bits per heavy atom. The summed E-state index contributed by atoms with van der Waals surface area (Å²) in [7, 11) is 0.445. The summed E-state index contributed by atoms with van der Waals surface area (Å²) >= 11 is 0. The summed E-state index contributed by atoms with van der Waals surface area (Å²) in [6, 6.07) is 25.6. The zero-order valence-electron chi connectivity index (χ0n) is 22.8. The van der Waals surface area contributed by atoms with Crippen molar-refractivity contribution in [3.8, 4) is 17.4 Å². The number of benzene rings is 3. The van der Waals surface area contributed by atoms with E-state index in [4.69, 9.17) is 23.5 Å². The van der Waals surface area contributed by atoms with Crippen LogP contribution in [0, 0.1) is 5.92 Å². The minimum absolute atomic E-state index is 0.223. The van der Waals surface area contributed by atoms with Gasteiger partial charge in [-0.2, -0.15) is 0 Å². The van der Waals surface area contributed by atoms with Gasteiger partial charge in [0.25, 0.3) is 0 Å². The summed E-state index contributed by atoms with van der Waals surface area (Å²) in [5, 5.41) is 0. The summed E-state index contributed by atoms with van der Waals surface area (Å²) in [6.07, 6.45) is 4.79. The number of hydrogen-bond acceptors (Lipinski definition) is 8. The average Bonchev–Trinajstić information content (AvgIpc) is 3.38. The highest BCUT2D eigenvalue weighted by molar-refractivity contribution is 7.32. The molecule has 41 heavy (non-hydrogen) atoms. The first-order valence-electron chi connectivity index (χ1n) is 13.3. The Morgan fingerprint density at radius 1 is 0.854 bits per heavy atom. The molecule has 1 unspecified atom stereocenters. The number of aromatic nitrogens is 2. The summed E-state index contributed by atoms with van der Waals surface area (Å²) in [6.45, 7) is 0.223. The van der Waals surface area contributed by atoms with Crippen molar-refractivity contribution >= 4 is 8.25 Å². The monoisotopic (exact) mass is 575 g/mol. The fraction of sp³-hybridized carbons (Fsp3) is 0.290. The van der Waals surface area contributed by atoms with Crippen LogP contribution in [0.1, 0.15) is 29.5 Å². The average molecular weight is 576 g/mol. The van der Waals surface area contributed by atoms with Gasteiger partial charge in [0.15, 0.2) is 0 Å². The Balaban J connectivity index is 1.52. The van der Waals surface area contributed by atoms with E-state index in [-0.39, 0.29) is 18.6 Å². The molecule has 4 atom stereocenters. The molecule has 5 rings (SSSR count). The molecule has 1 N–H and O–H groups in total. The number of hydrogen-bond donors (Lipinski definition) is 1. The predicted molar refractivity (Wildman–Crippen MR) is 152 cm³/mol. The lowest BCUT2D eigenvalue weighted by Crippen LogP contribution is -2.36. The molecule has 1 fully saturated rings. The molecule has 1 aliphatic carbocycles. The van der Waals surface area contributed by atoms with E-state index in [9.17, 15) is 9.46 Å². The van der Waals surface area contributed by atoms with E-state index in [0.29, 0.717) is 18.7 Å². The van der Waals surface area contributed by atoms with Gasteiger partial charge in [-0.25, -0.2) is 4.98 Å². The Bertz CT molecular complexity index is 1360. The standard InChI is InChI=1S/C31H31N2O7P/c1-36-26-12-8-24(9-13-26)31(23-6-4-3-5-7-23,25-10-14-27(37-2)15-11-25)38-21-22-18-28(19-29(22)40-41(34)35)39-30-20-32-16-17-33-30/h3-17,20,22,28-29H,18-19,21H2,1-2H3/p+1/t22-,28-,29+/m1/s1. The van der Waals surface area contributed by atoms with Gasteiger partial charge in [-0.05, 0) is 47.4 Å². The van der Waals surface area contributed by atoms with Crippen LogP contribution >= 0.6 is 8.25 Å².